The molecule has 2 aromatic rings. The van der Waals surface area contributed by atoms with Crippen molar-refractivity contribution in [1.82, 2.24) is 4.90 Å². The van der Waals surface area contributed by atoms with E-state index in [1.165, 1.54) is 11.8 Å². The molecule has 0 bridgehead atoms. The van der Waals surface area contributed by atoms with Gasteiger partial charge in [0.15, 0.2) is 5.17 Å². The van der Waals surface area contributed by atoms with Crippen molar-refractivity contribution < 1.29 is 9.59 Å². The van der Waals surface area contributed by atoms with Crippen LogP contribution >= 0.6 is 11.8 Å². The Morgan fingerprint density at radius 3 is 2.57 bits per heavy atom. The molecule has 0 radical (unpaired) electrons. The molecular formula is C24H29N3O2S. The maximum Gasteiger partial charge on any atom is 0.242 e. The largest absolute Gasteiger partial charge is 0.326 e. The highest BCUT2D eigenvalue weighted by molar-refractivity contribution is 8.15. The van der Waals surface area contributed by atoms with Crippen molar-refractivity contribution >= 4 is 40.1 Å². The normalized spacial score (nSPS) is 17.8. The molecule has 1 aliphatic heterocycles. The Bertz CT molecular complexity index is 984. The van der Waals surface area contributed by atoms with Gasteiger partial charge in [0.05, 0.1) is 5.69 Å². The summed E-state index contributed by atoms with van der Waals surface area (Å²) in [5, 5.41) is 3.18. The fourth-order valence-corrected chi connectivity index (χ4v) is 4.45. The number of nitrogens with one attached hydrogen (secondary N) is 1. The molecule has 2 amide bonds. The van der Waals surface area contributed by atoms with E-state index in [2.05, 4.69) is 19.2 Å². The van der Waals surface area contributed by atoms with E-state index in [1.54, 1.807) is 4.90 Å². The summed E-state index contributed by atoms with van der Waals surface area (Å²) in [6, 6.07) is 13.8. The second-order valence-electron chi connectivity index (χ2n) is 8.20. The van der Waals surface area contributed by atoms with Crippen molar-refractivity contribution in [2.75, 3.05) is 11.9 Å². The fourth-order valence-electron chi connectivity index (χ4n) is 3.29. The summed E-state index contributed by atoms with van der Waals surface area (Å²) in [7, 11) is 0. The minimum Gasteiger partial charge on any atom is -0.326 e. The quantitative estimate of drug-likeness (QED) is 0.692. The summed E-state index contributed by atoms with van der Waals surface area (Å²) in [5.41, 5.74) is 4.78. The van der Waals surface area contributed by atoms with E-state index in [0.717, 1.165) is 28.1 Å². The predicted molar refractivity (Wildman–Crippen MR) is 125 cm³/mol. The molecule has 5 nitrogen and oxygen atoms in total. The summed E-state index contributed by atoms with van der Waals surface area (Å²) >= 11 is 1.38. The van der Waals surface area contributed by atoms with Gasteiger partial charge in [-0.2, -0.15) is 0 Å². The third kappa shape index (κ3) is 5.30. The van der Waals surface area contributed by atoms with Crippen LogP contribution in [0.5, 0.6) is 0 Å². The number of para-hydroxylation sites is 1. The van der Waals surface area contributed by atoms with Crippen LogP contribution in [0.25, 0.3) is 0 Å². The molecule has 1 aliphatic rings. The van der Waals surface area contributed by atoms with Gasteiger partial charge in [0.1, 0.15) is 5.25 Å². The van der Waals surface area contributed by atoms with Gasteiger partial charge in [-0.3, -0.25) is 14.5 Å². The number of rotatable bonds is 6. The molecule has 0 spiro atoms. The van der Waals surface area contributed by atoms with E-state index in [-0.39, 0.29) is 18.2 Å². The molecule has 3 rings (SSSR count). The molecule has 158 valence electrons. The number of amidine groups is 1. The lowest BCUT2D eigenvalue weighted by atomic mass is 10.1. The summed E-state index contributed by atoms with van der Waals surface area (Å²) in [4.78, 5) is 32.3. The first-order valence-corrected chi connectivity index (χ1v) is 11.1. The standard InChI is InChI=1S/C24H29N3O2S/c1-15(2)14-27-23(29)21(30-24(27)26-19-9-7-6-8-17(19)4)13-22(28)25-20-12-16(3)10-11-18(20)5/h6-12,15,21H,13-14H2,1-5H3,(H,25,28)/t21-/m1/s1. The lowest BCUT2D eigenvalue weighted by Gasteiger charge is -2.19. The number of nitrogens with zero attached hydrogens (tertiary/aromatic N) is 2. The van der Waals surface area contributed by atoms with Gasteiger partial charge in [-0.25, -0.2) is 4.99 Å². The number of carbonyl (C=O) groups excluding carboxylic acids is 2. The predicted octanol–water partition coefficient (Wildman–Crippen LogP) is 5.23. The van der Waals surface area contributed by atoms with Gasteiger partial charge in [0.25, 0.3) is 0 Å². The molecule has 6 heteroatoms. The van der Waals surface area contributed by atoms with Crippen LogP contribution in [0.4, 0.5) is 11.4 Å². The van der Waals surface area contributed by atoms with Gasteiger partial charge in [0, 0.05) is 18.7 Å². The molecule has 1 heterocycles. The Hall–Kier alpha value is -2.60. The average Bonchev–Trinajstić information content (AvgIpc) is 2.95. The number of hydrogen-bond donors (Lipinski definition) is 1. The Labute approximate surface area is 183 Å². The van der Waals surface area contributed by atoms with Gasteiger partial charge in [-0.05, 0) is 55.5 Å². The van der Waals surface area contributed by atoms with Crippen LogP contribution in [-0.2, 0) is 9.59 Å². The Kier molecular flexibility index (Phi) is 6.98. The molecule has 1 fully saturated rings. The topological polar surface area (TPSA) is 61.8 Å². The van der Waals surface area contributed by atoms with Gasteiger partial charge in [0.2, 0.25) is 11.8 Å². The minimum absolute atomic E-state index is 0.0443. The number of carbonyl (C=O) groups is 2. The Balaban J connectivity index is 1.78. The smallest absolute Gasteiger partial charge is 0.242 e. The maximum absolute atomic E-state index is 13.1. The first-order chi connectivity index (χ1) is 14.2. The summed E-state index contributed by atoms with van der Waals surface area (Å²) in [6.07, 6.45) is 0.123. The summed E-state index contributed by atoms with van der Waals surface area (Å²) in [6.45, 7) is 10.7. The van der Waals surface area contributed by atoms with Crippen LogP contribution in [0.15, 0.2) is 47.5 Å². The van der Waals surface area contributed by atoms with Crippen LogP contribution in [0.2, 0.25) is 0 Å². The first-order valence-electron chi connectivity index (χ1n) is 10.2. The lowest BCUT2D eigenvalue weighted by molar-refractivity contribution is -0.128. The number of aryl methyl sites for hydroxylation is 3. The molecule has 0 saturated carbocycles. The van der Waals surface area contributed by atoms with Gasteiger partial charge >= 0.3 is 0 Å². The Morgan fingerprint density at radius 1 is 1.13 bits per heavy atom. The third-order valence-corrected chi connectivity index (χ3v) is 6.11. The van der Waals surface area contributed by atoms with Crippen LogP contribution in [0, 0.1) is 26.7 Å². The number of benzene rings is 2. The molecule has 0 aromatic heterocycles. The van der Waals surface area contributed by atoms with E-state index >= 15 is 0 Å². The van der Waals surface area contributed by atoms with Crippen molar-refractivity contribution in [1.29, 1.82) is 0 Å². The summed E-state index contributed by atoms with van der Waals surface area (Å²) < 4.78 is 0. The van der Waals surface area contributed by atoms with Crippen molar-refractivity contribution in [3.63, 3.8) is 0 Å². The monoisotopic (exact) mass is 423 g/mol. The van der Waals surface area contributed by atoms with Crippen LogP contribution in [-0.4, -0.2) is 33.7 Å². The maximum atomic E-state index is 13.1. The number of amides is 2. The van der Waals surface area contributed by atoms with Crippen molar-refractivity contribution in [3.05, 3.63) is 59.2 Å². The zero-order valence-corrected chi connectivity index (χ0v) is 19.0. The van der Waals surface area contributed by atoms with Crippen molar-refractivity contribution in [2.45, 2.75) is 46.3 Å². The molecule has 0 aliphatic carbocycles. The molecule has 1 saturated heterocycles. The molecule has 30 heavy (non-hydrogen) atoms. The second kappa shape index (κ2) is 9.47. The highest BCUT2D eigenvalue weighted by Crippen LogP contribution is 2.33. The van der Waals surface area contributed by atoms with E-state index in [0.29, 0.717) is 17.6 Å². The highest BCUT2D eigenvalue weighted by Gasteiger charge is 2.39. The Morgan fingerprint density at radius 2 is 1.87 bits per heavy atom. The van der Waals surface area contributed by atoms with Crippen LogP contribution in [0.1, 0.15) is 37.0 Å². The van der Waals surface area contributed by atoms with Gasteiger partial charge in [-0.1, -0.05) is 55.9 Å². The lowest BCUT2D eigenvalue weighted by Crippen LogP contribution is -2.36. The van der Waals surface area contributed by atoms with Crippen LogP contribution < -0.4 is 5.32 Å². The molecular weight excluding hydrogens is 394 g/mol. The van der Waals surface area contributed by atoms with Gasteiger partial charge in [-0.15, -0.1) is 0 Å². The van der Waals surface area contributed by atoms with Gasteiger partial charge < -0.3 is 5.32 Å². The number of aliphatic imine (C=N–C) groups is 1. The average molecular weight is 424 g/mol. The second-order valence-corrected chi connectivity index (χ2v) is 9.37. The number of thioether (sulfide) groups is 1. The zero-order valence-electron chi connectivity index (χ0n) is 18.2. The van der Waals surface area contributed by atoms with Crippen molar-refractivity contribution in [2.24, 2.45) is 10.9 Å². The number of hydrogen-bond acceptors (Lipinski definition) is 4. The van der Waals surface area contributed by atoms with Crippen LogP contribution in [0.3, 0.4) is 0 Å². The molecule has 0 unspecified atom stereocenters. The minimum atomic E-state index is -0.461. The third-order valence-electron chi connectivity index (χ3n) is 4.94. The SMILES string of the molecule is Cc1ccc(C)c(NC(=O)C[C@H]2SC(=Nc3ccccc3C)N(CC(C)C)C2=O)c1. The molecule has 2 aromatic carbocycles. The van der Waals surface area contributed by atoms with Crippen molar-refractivity contribution in [3.8, 4) is 0 Å². The zero-order chi connectivity index (χ0) is 21.8. The van der Waals surface area contributed by atoms with E-state index in [9.17, 15) is 9.59 Å². The molecule has 1 N–H and O–H groups in total. The number of anilines is 1. The first kappa shape index (κ1) is 22.1. The fraction of sp³-hybridized carbons (Fsp3) is 0.375. The van der Waals surface area contributed by atoms with E-state index in [1.807, 2.05) is 63.2 Å². The molecule has 1 atom stereocenters. The highest BCUT2D eigenvalue weighted by atomic mass is 32.2. The van der Waals surface area contributed by atoms with E-state index < -0.39 is 5.25 Å². The van der Waals surface area contributed by atoms with E-state index in [4.69, 9.17) is 4.99 Å². The summed E-state index contributed by atoms with van der Waals surface area (Å²) in [5.74, 6) is 0.104.